The number of carbonyl (C=O) groups excluding carboxylic acids is 2. The van der Waals surface area contributed by atoms with Crippen LogP contribution in [0.3, 0.4) is 0 Å². The molecule has 26 heavy (non-hydrogen) atoms. The van der Waals surface area contributed by atoms with Crippen molar-refractivity contribution >= 4 is 11.8 Å². The summed E-state index contributed by atoms with van der Waals surface area (Å²) in [5, 5.41) is 0. The summed E-state index contributed by atoms with van der Waals surface area (Å²) in [7, 11) is 0. The molecule has 0 saturated carbocycles. The van der Waals surface area contributed by atoms with Crippen LogP contribution in [0.1, 0.15) is 27.9 Å². The first kappa shape index (κ1) is 18.1. The lowest BCUT2D eigenvalue weighted by atomic mass is 10.1. The lowest BCUT2D eigenvalue weighted by molar-refractivity contribution is -0.132. The second-order valence-corrected chi connectivity index (χ2v) is 6.67. The summed E-state index contributed by atoms with van der Waals surface area (Å²) in [6.45, 7) is 4.04. The minimum Gasteiger partial charge on any atom is -0.339 e. The van der Waals surface area contributed by atoms with Gasteiger partial charge in [-0.25, -0.2) is 4.39 Å². The molecule has 3 rings (SSSR count). The zero-order valence-corrected chi connectivity index (χ0v) is 15.0. The Bertz CT molecular complexity index is 798. The molecule has 1 aliphatic heterocycles. The third-order valence-corrected chi connectivity index (χ3v) is 4.70. The maximum atomic E-state index is 13.3. The Kier molecular flexibility index (Phi) is 5.66. The van der Waals surface area contributed by atoms with E-state index in [1.807, 2.05) is 30.0 Å². The molecule has 2 amide bonds. The number of hydrogen-bond acceptors (Lipinski definition) is 2. The van der Waals surface area contributed by atoms with Crippen molar-refractivity contribution in [1.29, 1.82) is 0 Å². The van der Waals surface area contributed by atoms with E-state index in [0.717, 1.165) is 6.42 Å². The van der Waals surface area contributed by atoms with Crippen molar-refractivity contribution in [3.8, 4) is 0 Å². The summed E-state index contributed by atoms with van der Waals surface area (Å²) < 4.78 is 13.3. The molecule has 1 saturated heterocycles. The number of amides is 2. The number of aryl methyl sites for hydroxylation is 2. The quantitative estimate of drug-likeness (QED) is 0.847. The molecule has 0 bridgehead atoms. The zero-order chi connectivity index (χ0) is 18.5. The van der Waals surface area contributed by atoms with Gasteiger partial charge in [0.1, 0.15) is 5.82 Å². The van der Waals surface area contributed by atoms with E-state index < -0.39 is 5.82 Å². The van der Waals surface area contributed by atoms with Crippen LogP contribution >= 0.6 is 0 Å². The van der Waals surface area contributed by atoms with Gasteiger partial charge < -0.3 is 9.80 Å². The summed E-state index contributed by atoms with van der Waals surface area (Å²) in [6.07, 6.45) is 1.20. The molecule has 1 aliphatic rings. The second-order valence-electron chi connectivity index (χ2n) is 6.67. The van der Waals surface area contributed by atoms with Gasteiger partial charge in [-0.05, 0) is 37.1 Å². The number of rotatable bonds is 4. The first-order chi connectivity index (χ1) is 12.5. The molecule has 0 aromatic heterocycles. The highest BCUT2D eigenvalue weighted by Gasteiger charge is 2.24. The van der Waals surface area contributed by atoms with Crippen LogP contribution in [0, 0.1) is 12.7 Å². The van der Waals surface area contributed by atoms with Gasteiger partial charge in [-0.2, -0.15) is 0 Å². The van der Waals surface area contributed by atoms with Crippen molar-refractivity contribution in [3.63, 3.8) is 0 Å². The van der Waals surface area contributed by atoms with Crippen LogP contribution in [0.15, 0.2) is 48.5 Å². The minimum absolute atomic E-state index is 0.115. The van der Waals surface area contributed by atoms with Crippen LogP contribution in [0.5, 0.6) is 0 Å². The number of halogens is 1. The van der Waals surface area contributed by atoms with Gasteiger partial charge in [0.2, 0.25) is 5.91 Å². The van der Waals surface area contributed by atoms with Crippen LogP contribution in [0.4, 0.5) is 4.39 Å². The van der Waals surface area contributed by atoms with Gasteiger partial charge in [0.15, 0.2) is 0 Å². The van der Waals surface area contributed by atoms with Crippen molar-refractivity contribution < 1.29 is 14.0 Å². The van der Waals surface area contributed by atoms with E-state index in [4.69, 9.17) is 0 Å². The SMILES string of the molecule is Cc1cccc(CCC(=O)N2CCN(C(=O)c3cccc(F)c3)CC2)c1. The van der Waals surface area contributed by atoms with E-state index >= 15 is 0 Å². The topological polar surface area (TPSA) is 40.6 Å². The Hall–Kier alpha value is -2.69. The molecule has 136 valence electrons. The number of benzene rings is 2. The maximum Gasteiger partial charge on any atom is 0.254 e. The van der Waals surface area contributed by atoms with Gasteiger partial charge in [-0.15, -0.1) is 0 Å². The fourth-order valence-corrected chi connectivity index (χ4v) is 3.24. The Morgan fingerprint density at radius 2 is 1.65 bits per heavy atom. The molecule has 0 atom stereocenters. The molecule has 0 spiro atoms. The van der Waals surface area contributed by atoms with Crippen molar-refractivity contribution in [2.24, 2.45) is 0 Å². The first-order valence-electron chi connectivity index (χ1n) is 8.91. The molecule has 0 unspecified atom stereocenters. The molecule has 1 fully saturated rings. The van der Waals surface area contributed by atoms with Crippen molar-refractivity contribution in [1.82, 2.24) is 9.80 Å². The Balaban J connectivity index is 1.50. The highest BCUT2D eigenvalue weighted by molar-refractivity contribution is 5.94. The lowest BCUT2D eigenvalue weighted by Crippen LogP contribution is -2.50. The van der Waals surface area contributed by atoms with Crippen LogP contribution in [0.2, 0.25) is 0 Å². The molecule has 0 radical (unpaired) electrons. The van der Waals surface area contributed by atoms with Gasteiger partial charge in [-0.1, -0.05) is 35.9 Å². The van der Waals surface area contributed by atoms with E-state index in [2.05, 4.69) is 6.07 Å². The van der Waals surface area contributed by atoms with E-state index in [-0.39, 0.29) is 11.8 Å². The van der Waals surface area contributed by atoms with E-state index in [0.29, 0.717) is 38.2 Å². The molecular weight excluding hydrogens is 331 g/mol. The van der Waals surface area contributed by atoms with Crippen molar-refractivity contribution in [3.05, 3.63) is 71.0 Å². The largest absolute Gasteiger partial charge is 0.339 e. The highest BCUT2D eigenvalue weighted by Crippen LogP contribution is 2.12. The minimum atomic E-state index is -0.416. The van der Waals surface area contributed by atoms with Crippen molar-refractivity contribution in [2.45, 2.75) is 19.8 Å². The highest BCUT2D eigenvalue weighted by atomic mass is 19.1. The van der Waals surface area contributed by atoms with Gasteiger partial charge in [0.05, 0.1) is 0 Å². The number of piperazine rings is 1. The molecule has 0 N–H and O–H groups in total. The smallest absolute Gasteiger partial charge is 0.254 e. The normalized spacial score (nSPS) is 14.4. The summed E-state index contributed by atoms with van der Waals surface area (Å²) in [5.74, 6) is -0.485. The fraction of sp³-hybridized carbons (Fsp3) is 0.333. The third-order valence-electron chi connectivity index (χ3n) is 4.70. The summed E-state index contributed by atoms with van der Waals surface area (Å²) in [5.41, 5.74) is 2.71. The van der Waals surface area contributed by atoms with Crippen LogP contribution in [-0.4, -0.2) is 47.8 Å². The van der Waals surface area contributed by atoms with Gasteiger partial charge in [0, 0.05) is 38.2 Å². The second kappa shape index (κ2) is 8.13. The predicted octanol–water partition coefficient (Wildman–Crippen LogP) is 3.05. The van der Waals surface area contributed by atoms with E-state index in [1.54, 1.807) is 11.0 Å². The molecule has 2 aromatic rings. The molecule has 0 aliphatic carbocycles. The number of nitrogens with zero attached hydrogens (tertiary/aromatic N) is 2. The lowest BCUT2D eigenvalue weighted by Gasteiger charge is -2.35. The zero-order valence-electron chi connectivity index (χ0n) is 15.0. The van der Waals surface area contributed by atoms with Gasteiger partial charge >= 0.3 is 0 Å². The monoisotopic (exact) mass is 354 g/mol. The van der Waals surface area contributed by atoms with Gasteiger partial charge in [-0.3, -0.25) is 9.59 Å². The third kappa shape index (κ3) is 4.48. The van der Waals surface area contributed by atoms with Crippen LogP contribution < -0.4 is 0 Å². The molecule has 1 heterocycles. The standard InChI is InChI=1S/C21H23FN2O2/c1-16-4-2-5-17(14-16)8-9-20(25)23-10-12-24(13-11-23)21(26)18-6-3-7-19(22)15-18/h2-7,14-15H,8-13H2,1H3. The first-order valence-corrected chi connectivity index (χ1v) is 8.91. The molecule has 4 nitrogen and oxygen atoms in total. The average Bonchev–Trinajstić information content (AvgIpc) is 2.66. The molecule has 2 aromatic carbocycles. The summed E-state index contributed by atoms with van der Waals surface area (Å²) in [6, 6.07) is 13.9. The predicted molar refractivity (Wildman–Crippen MR) is 98.4 cm³/mol. The van der Waals surface area contributed by atoms with Crippen LogP contribution in [0.25, 0.3) is 0 Å². The summed E-state index contributed by atoms with van der Waals surface area (Å²) in [4.78, 5) is 28.3. The number of hydrogen-bond donors (Lipinski definition) is 0. The van der Waals surface area contributed by atoms with Crippen LogP contribution in [-0.2, 0) is 11.2 Å². The van der Waals surface area contributed by atoms with E-state index in [9.17, 15) is 14.0 Å². The number of carbonyl (C=O) groups is 2. The Morgan fingerprint density at radius 3 is 2.35 bits per heavy atom. The average molecular weight is 354 g/mol. The van der Waals surface area contributed by atoms with E-state index in [1.165, 1.54) is 29.3 Å². The molecular formula is C21H23FN2O2. The Labute approximate surface area is 153 Å². The van der Waals surface area contributed by atoms with Gasteiger partial charge in [0.25, 0.3) is 5.91 Å². The molecule has 5 heteroatoms. The van der Waals surface area contributed by atoms with Crippen molar-refractivity contribution in [2.75, 3.05) is 26.2 Å². The maximum absolute atomic E-state index is 13.3. The Morgan fingerprint density at radius 1 is 0.962 bits per heavy atom. The summed E-state index contributed by atoms with van der Waals surface area (Å²) >= 11 is 0. The fourth-order valence-electron chi connectivity index (χ4n) is 3.24.